The van der Waals surface area contributed by atoms with E-state index in [2.05, 4.69) is 5.32 Å². The molecule has 0 aliphatic heterocycles. The molecule has 0 saturated carbocycles. The molecule has 7 nitrogen and oxygen atoms in total. The minimum atomic E-state index is -0.847. The van der Waals surface area contributed by atoms with E-state index in [1.165, 1.54) is 12.1 Å². The molecule has 1 amide bonds. The van der Waals surface area contributed by atoms with Gasteiger partial charge in [-0.25, -0.2) is 9.18 Å². The number of fused-ring (bicyclic) bond motifs is 1. The molecule has 0 radical (unpaired) electrons. The van der Waals surface area contributed by atoms with E-state index < -0.39 is 24.3 Å². The third kappa shape index (κ3) is 4.81. The predicted octanol–water partition coefficient (Wildman–Crippen LogP) is 2.50. The van der Waals surface area contributed by atoms with Crippen molar-refractivity contribution < 1.29 is 32.7 Å². The smallest absolute Gasteiger partial charge is 0.375 e. The van der Waals surface area contributed by atoms with Crippen molar-refractivity contribution in [2.24, 2.45) is 0 Å². The molecule has 2 aromatic rings. The number of rotatable bonds is 8. The number of ether oxygens (including phenoxy) is 2. The number of furan rings is 1. The summed E-state index contributed by atoms with van der Waals surface area (Å²) in [5.41, 5.74) is 0.416. The zero-order valence-corrected chi connectivity index (χ0v) is 14.6. The summed E-state index contributed by atoms with van der Waals surface area (Å²) in [4.78, 5) is 34.9. The highest BCUT2D eigenvalue weighted by molar-refractivity contribution is 5.96. The molecule has 1 heterocycles. The van der Waals surface area contributed by atoms with Crippen LogP contribution in [0.3, 0.4) is 0 Å². The van der Waals surface area contributed by atoms with Gasteiger partial charge in [-0.3, -0.25) is 9.59 Å². The summed E-state index contributed by atoms with van der Waals surface area (Å²) in [6.45, 7) is 3.39. The summed E-state index contributed by atoms with van der Waals surface area (Å²) in [7, 11) is 0. The Balaban J connectivity index is 1.81. The van der Waals surface area contributed by atoms with E-state index in [0.717, 1.165) is 0 Å². The monoisotopic (exact) mass is 365 g/mol. The van der Waals surface area contributed by atoms with Crippen LogP contribution < -0.4 is 5.32 Å². The van der Waals surface area contributed by atoms with Crippen LogP contribution in [0, 0.1) is 12.7 Å². The van der Waals surface area contributed by atoms with Crippen molar-refractivity contribution in [2.75, 3.05) is 19.8 Å². The lowest BCUT2D eigenvalue weighted by molar-refractivity contribution is -0.143. The maximum absolute atomic E-state index is 13.7. The lowest BCUT2D eigenvalue weighted by Crippen LogP contribution is -2.30. The van der Waals surface area contributed by atoms with Crippen LogP contribution in [0.4, 0.5) is 4.39 Å². The Hall–Kier alpha value is -2.90. The third-order valence-electron chi connectivity index (χ3n) is 3.62. The second kappa shape index (κ2) is 8.98. The number of amides is 1. The zero-order chi connectivity index (χ0) is 19.1. The largest absolute Gasteiger partial charge is 0.466 e. The van der Waals surface area contributed by atoms with Crippen LogP contribution in [0.15, 0.2) is 22.6 Å². The number of aryl methyl sites for hydroxylation is 1. The van der Waals surface area contributed by atoms with Crippen LogP contribution in [0.2, 0.25) is 0 Å². The van der Waals surface area contributed by atoms with Gasteiger partial charge in [-0.05, 0) is 26.3 Å². The fourth-order valence-corrected chi connectivity index (χ4v) is 2.34. The first-order chi connectivity index (χ1) is 12.4. The number of hydrogen-bond donors (Lipinski definition) is 1. The van der Waals surface area contributed by atoms with Crippen molar-refractivity contribution in [1.29, 1.82) is 0 Å². The Morgan fingerprint density at radius 3 is 2.69 bits per heavy atom. The Bertz CT molecular complexity index is 813. The quantitative estimate of drug-likeness (QED) is 0.570. The maximum atomic E-state index is 13.7. The van der Waals surface area contributed by atoms with E-state index in [1.54, 1.807) is 19.9 Å². The van der Waals surface area contributed by atoms with Gasteiger partial charge in [0.15, 0.2) is 18.0 Å². The number of benzene rings is 1. The molecule has 0 aliphatic rings. The van der Waals surface area contributed by atoms with Crippen molar-refractivity contribution >= 4 is 28.8 Å². The summed E-state index contributed by atoms with van der Waals surface area (Å²) < 4.78 is 28.6. The van der Waals surface area contributed by atoms with Crippen LogP contribution in [0.5, 0.6) is 0 Å². The molecule has 1 aromatic heterocycles. The van der Waals surface area contributed by atoms with Crippen molar-refractivity contribution in [1.82, 2.24) is 5.32 Å². The van der Waals surface area contributed by atoms with Crippen molar-refractivity contribution in [3.8, 4) is 0 Å². The molecule has 0 atom stereocenters. The SMILES string of the molecule is CCOC(=O)CCCNC(=O)COC(=O)c1oc2c(F)cccc2c1C. The van der Waals surface area contributed by atoms with Crippen LogP contribution in [-0.4, -0.2) is 37.6 Å². The standard InChI is InChI=1S/C18H20FNO6/c1-3-24-15(22)8-5-9-20-14(21)10-25-18(23)16-11(2)12-6-4-7-13(19)17(12)26-16/h4,6-7H,3,5,8-10H2,1-2H3,(H,20,21). The maximum Gasteiger partial charge on any atom is 0.375 e. The first-order valence-electron chi connectivity index (χ1n) is 8.21. The Kier molecular flexibility index (Phi) is 6.71. The van der Waals surface area contributed by atoms with Crippen LogP contribution in [-0.2, 0) is 19.1 Å². The number of para-hydroxylation sites is 1. The highest BCUT2D eigenvalue weighted by atomic mass is 19.1. The molecular formula is C18H20FNO6. The average molecular weight is 365 g/mol. The Morgan fingerprint density at radius 1 is 1.23 bits per heavy atom. The molecule has 140 valence electrons. The molecule has 0 saturated heterocycles. The number of carbonyl (C=O) groups excluding carboxylic acids is 3. The topological polar surface area (TPSA) is 94.8 Å². The number of nitrogens with one attached hydrogen (secondary N) is 1. The molecule has 2 rings (SSSR count). The Morgan fingerprint density at radius 2 is 2.00 bits per heavy atom. The average Bonchev–Trinajstić information content (AvgIpc) is 2.95. The van der Waals surface area contributed by atoms with Gasteiger partial charge >= 0.3 is 11.9 Å². The minimum absolute atomic E-state index is 0.0274. The molecule has 0 fully saturated rings. The van der Waals surface area contributed by atoms with Gasteiger partial charge < -0.3 is 19.2 Å². The summed E-state index contributed by atoms with van der Waals surface area (Å²) in [5.74, 6) is -2.41. The minimum Gasteiger partial charge on any atom is -0.466 e. The Labute approximate surface area is 149 Å². The van der Waals surface area contributed by atoms with Gasteiger partial charge in [-0.15, -0.1) is 0 Å². The fraction of sp³-hybridized carbons (Fsp3) is 0.389. The van der Waals surface area contributed by atoms with Crippen molar-refractivity contribution in [3.63, 3.8) is 0 Å². The third-order valence-corrected chi connectivity index (χ3v) is 3.62. The van der Waals surface area contributed by atoms with E-state index in [9.17, 15) is 18.8 Å². The van der Waals surface area contributed by atoms with Gasteiger partial charge in [0, 0.05) is 23.9 Å². The summed E-state index contributed by atoms with van der Waals surface area (Å²) in [6.07, 6.45) is 0.609. The van der Waals surface area contributed by atoms with Crippen LogP contribution >= 0.6 is 0 Å². The number of hydrogen-bond acceptors (Lipinski definition) is 6. The molecule has 0 spiro atoms. The first kappa shape index (κ1) is 19.4. The summed E-state index contributed by atoms with van der Waals surface area (Å²) in [5, 5.41) is 3.00. The van der Waals surface area contributed by atoms with E-state index in [4.69, 9.17) is 13.9 Å². The molecule has 1 N–H and O–H groups in total. The number of carbonyl (C=O) groups is 3. The van der Waals surface area contributed by atoms with Crippen LogP contribution in [0.1, 0.15) is 35.9 Å². The van der Waals surface area contributed by atoms with Crippen molar-refractivity contribution in [2.45, 2.75) is 26.7 Å². The normalized spacial score (nSPS) is 10.6. The van der Waals surface area contributed by atoms with E-state index in [0.29, 0.717) is 24.0 Å². The number of esters is 2. The first-order valence-corrected chi connectivity index (χ1v) is 8.21. The van der Waals surface area contributed by atoms with Gasteiger partial charge in [-0.1, -0.05) is 12.1 Å². The molecule has 0 unspecified atom stereocenters. The van der Waals surface area contributed by atoms with E-state index in [-0.39, 0.29) is 30.3 Å². The van der Waals surface area contributed by atoms with Gasteiger partial charge in [0.25, 0.3) is 5.91 Å². The molecule has 8 heteroatoms. The van der Waals surface area contributed by atoms with Gasteiger partial charge in [0.2, 0.25) is 5.76 Å². The van der Waals surface area contributed by atoms with Crippen LogP contribution in [0.25, 0.3) is 11.0 Å². The van der Waals surface area contributed by atoms with Crippen molar-refractivity contribution in [3.05, 3.63) is 35.3 Å². The highest BCUT2D eigenvalue weighted by Gasteiger charge is 2.21. The lowest BCUT2D eigenvalue weighted by atomic mass is 10.1. The van der Waals surface area contributed by atoms with Gasteiger partial charge in [-0.2, -0.15) is 0 Å². The fourth-order valence-electron chi connectivity index (χ4n) is 2.34. The van der Waals surface area contributed by atoms with E-state index >= 15 is 0 Å². The molecular weight excluding hydrogens is 345 g/mol. The highest BCUT2D eigenvalue weighted by Crippen LogP contribution is 2.27. The summed E-state index contributed by atoms with van der Waals surface area (Å²) >= 11 is 0. The second-order valence-electron chi connectivity index (χ2n) is 5.51. The number of halogens is 1. The second-order valence-corrected chi connectivity index (χ2v) is 5.51. The van der Waals surface area contributed by atoms with E-state index in [1.807, 2.05) is 0 Å². The molecule has 0 aliphatic carbocycles. The lowest BCUT2D eigenvalue weighted by Gasteiger charge is -2.06. The summed E-state index contributed by atoms with van der Waals surface area (Å²) in [6, 6.07) is 4.37. The molecule has 1 aromatic carbocycles. The predicted molar refractivity (Wildman–Crippen MR) is 90.1 cm³/mol. The van der Waals surface area contributed by atoms with Gasteiger partial charge in [0.05, 0.1) is 6.61 Å². The zero-order valence-electron chi connectivity index (χ0n) is 14.6. The molecule has 0 bridgehead atoms. The molecule has 26 heavy (non-hydrogen) atoms. The van der Waals surface area contributed by atoms with Gasteiger partial charge in [0.1, 0.15) is 0 Å².